The normalized spacial score (nSPS) is 21.8. The maximum atomic E-state index is 12.0. The Balaban J connectivity index is 1.63. The molecule has 1 amide bonds. The zero-order valence-corrected chi connectivity index (χ0v) is 18.4. The Hall–Kier alpha value is -2.06. The molecule has 2 fully saturated rings. The summed E-state index contributed by atoms with van der Waals surface area (Å²) in [6.07, 6.45) is 9.03. The van der Waals surface area contributed by atoms with Gasteiger partial charge in [0.2, 0.25) is 5.91 Å². The zero-order valence-electron chi connectivity index (χ0n) is 18.4. The van der Waals surface area contributed by atoms with Crippen molar-refractivity contribution in [3.8, 4) is 0 Å². The molecule has 2 unspecified atom stereocenters. The molecule has 0 aromatic carbocycles. The minimum atomic E-state index is -0.0244. The number of likely N-dealkylation sites (N-methyl/N-ethyl adjacent to an activating group) is 1. The van der Waals surface area contributed by atoms with E-state index in [1.807, 2.05) is 12.1 Å². The highest BCUT2D eigenvalue weighted by molar-refractivity contribution is 5.84. The van der Waals surface area contributed by atoms with E-state index in [-0.39, 0.29) is 24.6 Å². The lowest BCUT2D eigenvalue weighted by molar-refractivity contribution is -0.127. The van der Waals surface area contributed by atoms with E-state index in [0.29, 0.717) is 19.0 Å². The van der Waals surface area contributed by atoms with Crippen molar-refractivity contribution in [3.63, 3.8) is 0 Å². The summed E-state index contributed by atoms with van der Waals surface area (Å²) in [5, 5.41) is 6.83. The molecular formula is C22H37N5O3. The number of aliphatic imine (C=N–C) groups is 1. The second-order valence-corrected chi connectivity index (χ2v) is 8.33. The third kappa shape index (κ3) is 7.02. The first-order chi connectivity index (χ1) is 14.6. The van der Waals surface area contributed by atoms with E-state index in [0.717, 1.165) is 38.3 Å². The van der Waals surface area contributed by atoms with Crippen LogP contribution in [-0.4, -0.2) is 81.2 Å². The fourth-order valence-electron chi connectivity index (χ4n) is 3.96. The van der Waals surface area contributed by atoms with Crippen LogP contribution < -0.4 is 10.6 Å². The molecule has 2 aliphatic rings. The summed E-state index contributed by atoms with van der Waals surface area (Å²) in [5.41, 5.74) is 0. The molecule has 2 atom stereocenters. The maximum Gasteiger partial charge on any atom is 0.243 e. The number of hydrogen-bond donors (Lipinski definition) is 2. The molecule has 1 aromatic rings. The summed E-state index contributed by atoms with van der Waals surface area (Å²) in [4.78, 5) is 20.6. The number of carbonyl (C=O) groups is 1. The van der Waals surface area contributed by atoms with Crippen LogP contribution in [0.25, 0.3) is 0 Å². The number of hydrogen-bond acceptors (Lipinski definition) is 5. The molecule has 2 N–H and O–H groups in total. The van der Waals surface area contributed by atoms with E-state index in [1.165, 1.54) is 25.7 Å². The van der Waals surface area contributed by atoms with E-state index in [9.17, 15) is 4.79 Å². The van der Waals surface area contributed by atoms with Crippen LogP contribution in [0, 0.1) is 0 Å². The first kappa shape index (κ1) is 22.6. The van der Waals surface area contributed by atoms with Gasteiger partial charge in [-0.05, 0) is 57.3 Å². The number of carbonyl (C=O) groups excluding carboxylic acids is 1. The van der Waals surface area contributed by atoms with Crippen LogP contribution >= 0.6 is 0 Å². The molecule has 2 saturated heterocycles. The van der Waals surface area contributed by atoms with Crippen LogP contribution in [-0.2, 0) is 9.53 Å². The molecule has 1 aromatic heterocycles. The van der Waals surface area contributed by atoms with E-state index >= 15 is 0 Å². The molecule has 168 valence electrons. The quantitative estimate of drug-likeness (QED) is 0.495. The summed E-state index contributed by atoms with van der Waals surface area (Å²) in [5.74, 6) is 1.58. The molecule has 8 heteroatoms. The van der Waals surface area contributed by atoms with Crippen LogP contribution in [0.15, 0.2) is 27.8 Å². The van der Waals surface area contributed by atoms with Crippen molar-refractivity contribution in [1.29, 1.82) is 0 Å². The SMILES string of the molecule is CN(C)C(=O)CN=C(NCC1CCCCO1)NCC(c1ccco1)N1CCCCC1. The lowest BCUT2D eigenvalue weighted by Crippen LogP contribution is -2.47. The predicted molar refractivity (Wildman–Crippen MR) is 117 cm³/mol. The molecule has 3 rings (SSSR count). The van der Waals surface area contributed by atoms with Crippen molar-refractivity contribution >= 4 is 11.9 Å². The van der Waals surface area contributed by atoms with Gasteiger partial charge in [-0.1, -0.05) is 6.42 Å². The molecule has 0 aliphatic carbocycles. The predicted octanol–water partition coefficient (Wildman–Crippen LogP) is 2.00. The van der Waals surface area contributed by atoms with Gasteiger partial charge in [-0.15, -0.1) is 0 Å². The largest absolute Gasteiger partial charge is 0.468 e. The monoisotopic (exact) mass is 419 g/mol. The number of furan rings is 1. The number of nitrogens with zero attached hydrogens (tertiary/aromatic N) is 3. The second-order valence-electron chi connectivity index (χ2n) is 8.33. The van der Waals surface area contributed by atoms with Gasteiger partial charge in [-0.2, -0.15) is 0 Å². The van der Waals surface area contributed by atoms with Gasteiger partial charge in [0.25, 0.3) is 0 Å². The van der Waals surface area contributed by atoms with Crippen molar-refractivity contribution in [2.75, 3.05) is 53.4 Å². The number of ether oxygens (including phenoxy) is 1. The van der Waals surface area contributed by atoms with Crippen LogP contribution in [0.2, 0.25) is 0 Å². The van der Waals surface area contributed by atoms with Gasteiger partial charge < -0.3 is 24.7 Å². The number of guanidine groups is 1. The minimum Gasteiger partial charge on any atom is -0.468 e. The molecule has 0 bridgehead atoms. The number of rotatable bonds is 8. The Morgan fingerprint density at radius 2 is 2.07 bits per heavy atom. The summed E-state index contributed by atoms with van der Waals surface area (Å²) >= 11 is 0. The van der Waals surface area contributed by atoms with Gasteiger partial charge in [0.1, 0.15) is 12.3 Å². The average molecular weight is 420 g/mol. The van der Waals surface area contributed by atoms with Gasteiger partial charge in [-0.25, -0.2) is 4.99 Å². The van der Waals surface area contributed by atoms with Crippen LogP contribution in [0.1, 0.15) is 50.3 Å². The first-order valence-electron chi connectivity index (χ1n) is 11.2. The van der Waals surface area contributed by atoms with Gasteiger partial charge in [-0.3, -0.25) is 9.69 Å². The van der Waals surface area contributed by atoms with Gasteiger partial charge >= 0.3 is 0 Å². The first-order valence-corrected chi connectivity index (χ1v) is 11.2. The molecule has 0 saturated carbocycles. The highest BCUT2D eigenvalue weighted by atomic mass is 16.5. The Morgan fingerprint density at radius 1 is 1.23 bits per heavy atom. The van der Waals surface area contributed by atoms with Crippen molar-refractivity contribution in [2.24, 2.45) is 4.99 Å². The Morgan fingerprint density at radius 3 is 2.73 bits per heavy atom. The summed E-state index contributed by atoms with van der Waals surface area (Å²) in [7, 11) is 3.50. The molecule has 3 heterocycles. The maximum absolute atomic E-state index is 12.0. The standard InChI is InChI=1S/C22H37N5O3/c1-26(2)21(28)17-25-22(23-15-18-9-4-7-13-29-18)24-16-19(20-10-8-14-30-20)27-11-5-3-6-12-27/h8,10,14,18-19H,3-7,9,11-13,15-17H2,1-2H3,(H2,23,24,25). The molecule has 0 spiro atoms. The van der Waals surface area contributed by atoms with Crippen LogP contribution in [0.3, 0.4) is 0 Å². The highest BCUT2D eigenvalue weighted by Gasteiger charge is 2.25. The van der Waals surface area contributed by atoms with Gasteiger partial charge in [0.15, 0.2) is 5.96 Å². The summed E-state index contributed by atoms with van der Waals surface area (Å²) < 4.78 is 11.6. The topological polar surface area (TPSA) is 82.3 Å². The van der Waals surface area contributed by atoms with Gasteiger partial charge in [0, 0.05) is 33.8 Å². The summed E-state index contributed by atoms with van der Waals surface area (Å²) in [6, 6.07) is 4.12. The summed E-state index contributed by atoms with van der Waals surface area (Å²) in [6.45, 7) is 4.44. The number of likely N-dealkylation sites (tertiary alicyclic amines) is 1. The lowest BCUT2D eigenvalue weighted by Gasteiger charge is -2.34. The minimum absolute atomic E-state index is 0.0244. The number of nitrogens with one attached hydrogen (secondary N) is 2. The third-order valence-corrected chi connectivity index (χ3v) is 5.81. The zero-order chi connectivity index (χ0) is 21.2. The highest BCUT2D eigenvalue weighted by Crippen LogP contribution is 2.24. The van der Waals surface area contributed by atoms with Crippen LogP contribution in [0.5, 0.6) is 0 Å². The Labute approximate surface area is 180 Å². The average Bonchev–Trinajstić information content (AvgIpc) is 3.31. The fourth-order valence-corrected chi connectivity index (χ4v) is 3.96. The molecule has 2 aliphatic heterocycles. The van der Waals surface area contributed by atoms with Crippen molar-refractivity contribution in [3.05, 3.63) is 24.2 Å². The molecule has 8 nitrogen and oxygen atoms in total. The smallest absolute Gasteiger partial charge is 0.243 e. The lowest BCUT2D eigenvalue weighted by atomic mass is 10.1. The number of amides is 1. The van der Waals surface area contributed by atoms with E-state index in [2.05, 4.69) is 20.5 Å². The van der Waals surface area contributed by atoms with E-state index in [1.54, 1.807) is 25.3 Å². The van der Waals surface area contributed by atoms with Crippen LogP contribution in [0.4, 0.5) is 0 Å². The van der Waals surface area contributed by atoms with E-state index < -0.39 is 0 Å². The second kappa shape index (κ2) is 12.0. The van der Waals surface area contributed by atoms with Crippen molar-refractivity contribution in [1.82, 2.24) is 20.4 Å². The van der Waals surface area contributed by atoms with Crippen molar-refractivity contribution in [2.45, 2.75) is 50.7 Å². The van der Waals surface area contributed by atoms with E-state index in [4.69, 9.17) is 9.15 Å². The Bertz CT molecular complexity index is 650. The molecular weight excluding hydrogens is 382 g/mol. The third-order valence-electron chi connectivity index (χ3n) is 5.81. The Kier molecular flexibility index (Phi) is 9.01. The number of piperidine rings is 1. The van der Waals surface area contributed by atoms with Gasteiger partial charge in [0.05, 0.1) is 18.4 Å². The fraction of sp³-hybridized carbons (Fsp3) is 0.727. The molecule has 30 heavy (non-hydrogen) atoms. The van der Waals surface area contributed by atoms with Crippen molar-refractivity contribution < 1.29 is 13.9 Å². The molecule has 0 radical (unpaired) electrons.